The van der Waals surface area contributed by atoms with E-state index in [4.69, 9.17) is 4.74 Å². The summed E-state index contributed by atoms with van der Waals surface area (Å²) >= 11 is 0. The topological polar surface area (TPSA) is 85.5 Å². The van der Waals surface area contributed by atoms with E-state index in [1.807, 2.05) is 17.2 Å². The van der Waals surface area contributed by atoms with Gasteiger partial charge in [-0.3, -0.25) is 4.90 Å². The summed E-state index contributed by atoms with van der Waals surface area (Å²) in [6.45, 7) is 9.23. The van der Waals surface area contributed by atoms with Crippen LogP contribution in [0, 0.1) is 0 Å². The molecule has 8 nitrogen and oxygen atoms in total. The number of rotatable bonds is 12. The number of benzene rings is 3. The van der Waals surface area contributed by atoms with Crippen LogP contribution in [0.4, 0.5) is 4.79 Å². The monoisotopic (exact) mass is 540 g/mol. The quantitative estimate of drug-likeness (QED) is 0.239. The molecule has 1 unspecified atom stereocenters. The van der Waals surface area contributed by atoms with Gasteiger partial charge in [-0.25, -0.2) is 9.78 Å². The first-order valence-corrected chi connectivity index (χ1v) is 14.3. The highest BCUT2D eigenvalue weighted by Gasteiger charge is 2.19. The summed E-state index contributed by atoms with van der Waals surface area (Å²) in [6.07, 6.45) is 4.51. The number of nitrogens with zero attached hydrogens (tertiary/aromatic N) is 3. The first-order valence-electron chi connectivity index (χ1n) is 14.3. The summed E-state index contributed by atoms with van der Waals surface area (Å²) in [5.74, 6) is 0.924. The van der Waals surface area contributed by atoms with Crippen molar-refractivity contribution in [3.8, 4) is 0 Å². The molecule has 3 N–H and O–H groups in total. The Morgan fingerprint density at radius 3 is 2.60 bits per heavy atom. The molecule has 2 amide bonds. The molecule has 0 radical (unpaired) electrons. The van der Waals surface area contributed by atoms with Crippen molar-refractivity contribution in [2.45, 2.75) is 39.0 Å². The maximum atomic E-state index is 13.6. The molecule has 0 saturated carbocycles. The Bertz CT molecular complexity index is 1330. The number of urea groups is 1. The van der Waals surface area contributed by atoms with Gasteiger partial charge < -0.3 is 25.3 Å². The maximum absolute atomic E-state index is 13.6. The summed E-state index contributed by atoms with van der Waals surface area (Å²) < 4.78 is 5.49. The molecule has 1 saturated heterocycles. The molecule has 2 heterocycles. The van der Waals surface area contributed by atoms with Gasteiger partial charge >= 0.3 is 6.03 Å². The number of aromatic nitrogens is 2. The second-order valence-electron chi connectivity index (χ2n) is 10.4. The Morgan fingerprint density at radius 1 is 1.02 bits per heavy atom. The molecule has 0 aliphatic carbocycles. The standard InChI is InChI=1S/C32H40N6O2/c1-25(29-9-4-7-28-6-2-3-8-30(28)29)36-32(39)38(17-5-16-37-18-20-40-21-19-37)24-27-12-10-26(11-13-27)22-33-23-31-34-14-15-35-31/h2-4,6-15,25,33H,5,16-24H2,1H3,(H,34,35)(H,36,39). The zero-order valence-corrected chi connectivity index (χ0v) is 23.3. The Labute approximate surface area is 236 Å². The van der Waals surface area contributed by atoms with E-state index in [1.165, 1.54) is 16.3 Å². The summed E-state index contributed by atoms with van der Waals surface area (Å²) in [4.78, 5) is 25.4. The SMILES string of the molecule is CC(NC(=O)N(CCCN1CCOCC1)Cc1ccc(CNCc2ncc[nH]2)cc1)c1cccc2ccccc12. The number of H-pyrrole nitrogens is 1. The van der Waals surface area contributed by atoms with Crippen LogP contribution in [-0.2, 0) is 24.4 Å². The van der Waals surface area contributed by atoms with Gasteiger partial charge in [0.2, 0.25) is 0 Å². The molecule has 1 atom stereocenters. The predicted molar refractivity (Wildman–Crippen MR) is 159 cm³/mol. The lowest BCUT2D eigenvalue weighted by Gasteiger charge is -2.29. The number of carbonyl (C=O) groups excluding carboxylic acids is 1. The molecule has 40 heavy (non-hydrogen) atoms. The lowest BCUT2D eigenvalue weighted by atomic mass is 10.00. The van der Waals surface area contributed by atoms with E-state index >= 15 is 0 Å². The lowest BCUT2D eigenvalue weighted by molar-refractivity contribution is 0.0364. The maximum Gasteiger partial charge on any atom is 0.318 e. The van der Waals surface area contributed by atoms with E-state index in [0.717, 1.165) is 62.8 Å². The van der Waals surface area contributed by atoms with Gasteiger partial charge in [0.05, 0.1) is 25.8 Å². The molecule has 3 aromatic carbocycles. The van der Waals surface area contributed by atoms with Gasteiger partial charge in [0, 0.05) is 51.7 Å². The van der Waals surface area contributed by atoms with Gasteiger partial charge in [-0.2, -0.15) is 0 Å². The van der Waals surface area contributed by atoms with E-state index in [1.54, 1.807) is 6.20 Å². The number of morpholine rings is 1. The first-order chi connectivity index (χ1) is 19.7. The van der Waals surface area contributed by atoms with Gasteiger partial charge in [-0.05, 0) is 40.8 Å². The molecular formula is C32H40N6O2. The van der Waals surface area contributed by atoms with Crippen molar-refractivity contribution in [3.05, 3.63) is 102 Å². The van der Waals surface area contributed by atoms with E-state index in [-0.39, 0.29) is 12.1 Å². The molecular weight excluding hydrogens is 500 g/mol. The molecule has 5 rings (SSSR count). The van der Waals surface area contributed by atoms with Gasteiger partial charge in [-0.1, -0.05) is 66.7 Å². The van der Waals surface area contributed by atoms with Crippen molar-refractivity contribution in [1.82, 2.24) is 30.4 Å². The van der Waals surface area contributed by atoms with Crippen molar-refractivity contribution in [2.75, 3.05) is 39.4 Å². The third kappa shape index (κ3) is 7.69. The summed E-state index contributed by atoms with van der Waals surface area (Å²) in [7, 11) is 0. The van der Waals surface area contributed by atoms with E-state index in [2.05, 4.69) is 93.1 Å². The number of ether oxygens (including phenoxy) is 1. The summed E-state index contributed by atoms with van der Waals surface area (Å²) in [6, 6.07) is 23.0. The second kappa shape index (κ2) is 14.1. The average molecular weight is 541 g/mol. The predicted octanol–water partition coefficient (Wildman–Crippen LogP) is 4.85. The van der Waals surface area contributed by atoms with Crippen LogP contribution < -0.4 is 10.6 Å². The zero-order valence-electron chi connectivity index (χ0n) is 23.3. The van der Waals surface area contributed by atoms with Crippen molar-refractivity contribution < 1.29 is 9.53 Å². The smallest absolute Gasteiger partial charge is 0.318 e. The molecule has 4 aromatic rings. The molecule has 0 spiro atoms. The summed E-state index contributed by atoms with van der Waals surface area (Å²) in [5, 5.41) is 9.05. The van der Waals surface area contributed by atoms with Crippen LogP contribution in [-0.4, -0.2) is 65.2 Å². The number of fused-ring (bicyclic) bond motifs is 1. The average Bonchev–Trinajstić information content (AvgIpc) is 3.51. The molecule has 210 valence electrons. The fourth-order valence-electron chi connectivity index (χ4n) is 5.25. The van der Waals surface area contributed by atoms with Crippen molar-refractivity contribution >= 4 is 16.8 Å². The minimum atomic E-state index is -0.108. The first kappa shape index (κ1) is 27.8. The number of carbonyl (C=O) groups is 1. The molecule has 1 aliphatic rings. The molecule has 1 fully saturated rings. The number of amides is 2. The highest BCUT2D eigenvalue weighted by atomic mass is 16.5. The highest BCUT2D eigenvalue weighted by Crippen LogP contribution is 2.24. The van der Waals surface area contributed by atoms with Crippen LogP contribution in [0.2, 0.25) is 0 Å². The molecule has 1 aliphatic heterocycles. The van der Waals surface area contributed by atoms with Crippen LogP contribution in [0.5, 0.6) is 0 Å². The number of imidazole rings is 1. The third-order valence-corrected chi connectivity index (χ3v) is 7.50. The second-order valence-corrected chi connectivity index (χ2v) is 10.4. The number of hydrogen-bond donors (Lipinski definition) is 3. The van der Waals surface area contributed by atoms with Gasteiger partial charge in [0.15, 0.2) is 0 Å². The van der Waals surface area contributed by atoms with E-state index in [0.29, 0.717) is 19.6 Å². The van der Waals surface area contributed by atoms with Crippen LogP contribution in [0.1, 0.15) is 41.9 Å². The zero-order chi connectivity index (χ0) is 27.6. The van der Waals surface area contributed by atoms with E-state index < -0.39 is 0 Å². The highest BCUT2D eigenvalue weighted by molar-refractivity contribution is 5.86. The Morgan fingerprint density at radius 2 is 1.80 bits per heavy atom. The molecule has 1 aromatic heterocycles. The van der Waals surface area contributed by atoms with Crippen LogP contribution >= 0.6 is 0 Å². The fourth-order valence-corrected chi connectivity index (χ4v) is 5.25. The third-order valence-electron chi connectivity index (χ3n) is 7.50. The Balaban J connectivity index is 1.22. The number of nitrogens with one attached hydrogen (secondary N) is 3. The van der Waals surface area contributed by atoms with Crippen LogP contribution in [0.3, 0.4) is 0 Å². The minimum absolute atomic E-state index is 0.0356. The van der Waals surface area contributed by atoms with Crippen molar-refractivity contribution in [1.29, 1.82) is 0 Å². The van der Waals surface area contributed by atoms with Gasteiger partial charge in [-0.15, -0.1) is 0 Å². The van der Waals surface area contributed by atoms with Crippen molar-refractivity contribution in [2.24, 2.45) is 0 Å². The van der Waals surface area contributed by atoms with Gasteiger partial charge in [0.25, 0.3) is 0 Å². The normalized spacial score (nSPS) is 14.7. The van der Waals surface area contributed by atoms with E-state index in [9.17, 15) is 4.79 Å². The summed E-state index contributed by atoms with van der Waals surface area (Å²) in [5.41, 5.74) is 3.45. The largest absolute Gasteiger partial charge is 0.379 e. The molecule has 8 heteroatoms. The fraction of sp³-hybridized carbons (Fsp3) is 0.375. The van der Waals surface area contributed by atoms with Gasteiger partial charge in [0.1, 0.15) is 5.82 Å². The molecule has 0 bridgehead atoms. The number of aromatic amines is 1. The van der Waals surface area contributed by atoms with Crippen molar-refractivity contribution in [3.63, 3.8) is 0 Å². The Hall–Kier alpha value is -3.72. The number of hydrogen-bond acceptors (Lipinski definition) is 5. The lowest BCUT2D eigenvalue weighted by Crippen LogP contribution is -2.43. The minimum Gasteiger partial charge on any atom is -0.379 e. The Kier molecular flexibility index (Phi) is 9.79. The van der Waals surface area contributed by atoms with Crippen LogP contribution in [0.25, 0.3) is 10.8 Å². The van der Waals surface area contributed by atoms with Crippen LogP contribution in [0.15, 0.2) is 79.1 Å².